The van der Waals surface area contributed by atoms with Gasteiger partial charge in [0.15, 0.2) is 0 Å². The van der Waals surface area contributed by atoms with Crippen LogP contribution in [0.5, 0.6) is 0 Å². The van der Waals surface area contributed by atoms with Crippen LogP contribution in [0.25, 0.3) is 0 Å². The molecule has 0 amide bonds. The van der Waals surface area contributed by atoms with Crippen LogP contribution in [-0.2, 0) is 9.59 Å². The van der Waals surface area contributed by atoms with Gasteiger partial charge in [-0.2, -0.15) is 26.3 Å². The number of halogens is 6. The molecule has 8 nitrogen and oxygen atoms in total. The first-order valence-corrected chi connectivity index (χ1v) is 10.8. The predicted molar refractivity (Wildman–Crippen MR) is 112 cm³/mol. The maximum absolute atomic E-state index is 10.6. The Morgan fingerprint density at radius 2 is 1.49 bits per heavy atom. The van der Waals surface area contributed by atoms with Gasteiger partial charge in [0.2, 0.25) is 0 Å². The summed E-state index contributed by atoms with van der Waals surface area (Å²) >= 11 is 0. The number of aromatic nitrogens is 2. The lowest BCUT2D eigenvalue weighted by molar-refractivity contribution is -0.193. The molecule has 2 heterocycles. The van der Waals surface area contributed by atoms with Gasteiger partial charge in [0, 0.05) is 38.6 Å². The van der Waals surface area contributed by atoms with Crippen molar-refractivity contribution < 1.29 is 46.1 Å². The van der Waals surface area contributed by atoms with E-state index in [0.717, 1.165) is 49.8 Å². The van der Waals surface area contributed by atoms with Crippen LogP contribution in [-0.4, -0.2) is 82.1 Å². The Balaban J connectivity index is 0.000000257. The molecule has 1 aromatic rings. The molecule has 1 saturated carbocycles. The molecule has 1 aromatic heterocycles. The molecule has 14 heteroatoms. The SMILES string of the molecule is C1=C[C@H]2C[C@@H]1C[C@H]2CCN1CCN(c2cnccn2)CC1.O=C(O)C(F)(F)F.O=C(O)C(F)(F)F. The van der Waals surface area contributed by atoms with Crippen molar-refractivity contribution in [3.05, 3.63) is 30.7 Å². The fraction of sp³-hybridized carbons (Fsp3) is 0.619. The van der Waals surface area contributed by atoms with E-state index in [0.29, 0.717) is 0 Å². The number of carbonyl (C=O) groups is 2. The fourth-order valence-corrected chi connectivity index (χ4v) is 4.23. The molecule has 2 N–H and O–H groups in total. The van der Waals surface area contributed by atoms with E-state index < -0.39 is 24.3 Å². The summed E-state index contributed by atoms with van der Waals surface area (Å²) in [7, 11) is 0. The van der Waals surface area contributed by atoms with E-state index in [1.165, 1.54) is 25.8 Å². The number of carboxylic acids is 2. The van der Waals surface area contributed by atoms with Crippen molar-refractivity contribution >= 4 is 17.8 Å². The van der Waals surface area contributed by atoms with Crippen LogP contribution < -0.4 is 4.90 Å². The van der Waals surface area contributed by atoms with E-state index in [1.807, 2.05) is 6.20 Å². The van der Waals surface area contributed by atoms with Gasteiger partial charge < -0.3 is 15.1 Å². The summed E-state index contributed by atoms with van der Waals surface area (Å²) in [4.78, 5) is 31.3. The maximum Gasteiger partial charge on any atom is 0.490 e. The number of nitrogens with zero attached hydrogens (tertiary/aromatic N) is 4. The van der Waals surface area contributed by atoms with Crippen LogP contribution in [0.3, 0.4) is 0 Å². The highest BCUT2D eigenvalue weighted by Gasteiger charge is 2.39. The Morgan fingerprint density at radius 3 is 1.89 bits per heavy atom. The van der Waals surface area contributed by atoms with Gasteiger partial charge in [-0.3, -0.25) is 9.88 Å². The molecule has 35 heavy (non-hydrogen) atoms. The molecule has 0 aromatic carbocycles. The fourth-order valence-electron chi connectivity index (χ4n) is 4.23. The molecular formula is C21H26F6N4O4. The minimum Gasteiger partial charge on any atom is -0.475 e. The Bertz CT molecular complexity index is 834. The van der Waals surface area contributed by atoms with Crippen LogP contribution in [0.4, 0.5) is 32.2 Å². The number of hydrogen-bond donors (Lipinski definition) is 2. The standard InChI is InChI=1S/C17H24N4.2C2HF3O2/c1-2-15-11-14(1)12-16(15)3-6-20-7-9-21(10-8-20)17-13-18-4-5-19-17;2*3-2(4,5)1(6)7/h1-2,4-5,13-16H,3,6-12H2;2*(H,6,7)/t14-,15+,16-;;/m1../s1. The second-order valence-electron chi connectivity index (χ2n) is 8.33. The number of carboxylic acid groups (broad SMARTS) is 2. The number of aliphatic carboxylic acids is 2. The Hall–Kier alpha value is -2.90. The van der Waals surface area contributed by atoms with Crippen LogP contribution in [0, 0.1) is 17.8 Å². The zero-order valence-electron chi connectivity index (χ0n) is 18.5. The third-order valence-corrected chi connectivity index (χ3v) is 5.96. The summed E-state index contributed by atoms with van der Waals surface area (Å²) in [5.41, 5.74) is 0. The lowest BCUT2D eigenvalue weighted by Crippen LogP contribution is -2.47. The molecule has 4 rings (SSSR count). The molecular weight excluding hydrogens is 486 g/mol. The molecule has 2 fully saturated rings. The van der Waals surface area contributed by atoms with Crippen molar-refractivity contribution in [1.82, 2.24) is 14.9 Å². The maximum atomic E-state index is 10.6. The van der Waals surface area contributed by atoms with Gasteiger partial charge in [-0.25, -0.2) is 14.6 Å². The third-order valence-electron chi connectivity index (χ3n) is 5.96. The highest BCUT2D eigenvalue weighted by atomic mass is 19.4. The molecule has 0 spiro atoms. The van der Waals surface area contributed by atoms with Crippen molar-refractivity contribution in [1.29, 1.82) is 0 Å². The summed E-state index contributed by atoms with van der Waals surface area (Å²) in [5, 5.41) is 14.2. The van der Waals surface area contributed by atoms with Gasteiger partial charge in [0.1, 0.15) is 5.82 Å². The van der Waals surface area contributed by atoms with Gasteiger partial charge in [-0.05, 0) is 43.6 Å². The smallest absolute Gasteiger partial charge is 0.475 e. The number of hydrogen-bond acceptors (Lipinski definition) is 6. The summed E-state index contributed by atoms with van der Waals surface area (Å²) in [6, 6.07) is 0. The first-order chi connectivity index (χ1) is 16.3. The predicted octanol–water partition coefficient (Wildman–Crippen LogP) is 3.47. The van der Waals surface area contributed by atoms with Gasteiger partial charge in [-0.15, -0.1) is 0 Å². The highest BCUT2D eigenvalue weighted by Crippen LogP contribution is 2.44. The van der Waals surface area contributed by atoms with Crippen LogP contribution in [0.2, 0.25) is 0 Å². The minimum atomic E-state index is -5.08. The lowest BCUT2D eigenvalue weighted by atomic mass is 9.90. The van der Waals surface area contributed by atoms with Gasteiger partial charge in [-0.1, -0.05) is 12.2 Å². The van der Waals surface area contributed by atoms with E-state index in [2.05, 4.69) is 31.9 Å². The second kappa shape index (κ2) is 12.2. The molecule has 3 atom stereocenters. The van der Waals surface area contributed by atoms with Crippen LogP contribution in [0.1, 0.15) is 19.3 Å². The number of rotatable bonds is 4. The van der Waals surface area contributed by atoms with E-state index in [1.54, 1.807) is 12.4 Å². The number of anilines is 1. The zero-order valence-corrected chi connectivity index (χ0v) is 18.5. The van der Waals surface area contributed by atoms with E-state index >= 15 is 0 Å². The summed E-state index contributed by atoms with van der Waals surface area (Å²) in [6.45, 7) is 5.75. The largest absolute Gasteiger partial charge is 0.490 e. The number of fused-ring (bicyclic) bond motifs is 2. The molecule has 1 saturated heterocycles. The second-order valence-corrected chi connectivity index (χ2v) is 8.33. The molecule has 2 aliphatic carbocycles. The van der Waals surface area contributed by atoms with Gasteiger partial charge in [0.05, 0.1) is 6.20 Å². The van der Waals surface area contributed by atoms with Gasteiger partial charge >= 0.3 is 24.3 Å². The highest BCUT2D eigenvalue weighted by molar-refractivity contribution is 5.73. The Morgan fingerprint density at radius 1 is 0.914 bits per heavy atom. The molecule has 3 aliphatic rings. The summed E-state index contributed by atoms with van der Waals surface area (Å²) < 4.78 is 63.5. The lowest BCUT2D eigenvalue weighted by Gasteiger charge is -2.36. The van der Waals surface area contributed by atoms with Crippen molar-refractivity contribution in [2.75, 3.05) is 37.6 Å². The first-order valence-electron chi connectivity index (χ1n) is 10.8. The molecule has 2 bridgehead atoms. The molecule has 0 radical (unpaired) electrons. The average Bonchev–Trinajstić information content (AvgIpc) is 3.42. The summed E-state index contributed by atoms with van der Waals surface area (Å²) in [6.07, 6.45) is 4.42. The van der Waals surface area contributed by atoms with Gasteiger partial charge in [0.25, 0.3) is 0 Å². The van der Waals surface area contributed by atoms with Crippen molar-refractivity contribution in [3.8, 4) is 0 Å². The van der Waals surface area contributed by atoms with Crippen LogP contribution >= 0.6 is 0 Å². The van der Waals surface area contributed by atoms with Crippen LogP contribution in [0.15, 0.2) is 30.7 Å². The van der Waals surface area contributed by atoms with Crippen molar-refractivity contribution in [2.45, 2.75) is 31.6 Å². The normalized spacial score (nSPS) is 23.7. The summed E-state index contributed by atoms with van der Waals surface area (Å²) in [5.74, 6) is -1.72. The van der Waals surface area contributed by atoms with E-state index in [9.17, 15) is 26.3 Å². The topological polar surface area (TPSA) is 107 Å². The number of alkyl halides is 6. The quantitative estimate of drug-likeness (QED) is 0.467. The van der Waals surface area contributed by atoms with E-state index in [-0.39, 0.29) is 0 Å². The Kier molecular flexibility index (Phi) is 9.86. The number of piperazine rings is 1. The molecule has 1 aliphatic heterocycles. The molecule has 196 valence electrons. The number of allylic oxidation sites excluding steroid dienone is 2. The van der Waals surface area contributed by atoms with Crippen molar-refractivity contribution in [3.63, 3.8) is 0 Å². The molecule has 0 unspecified atom stereocenters. The first kappa shape index (κ1) is 28.3. The van der Waals surface area contributed by atoms with E-state index in [4.69, 9.17) is 19.8 Å². The third kappa shape index (κ3) is 9.34. The zero-order chi connectivity index (χ0) is 26.2. The van der Waals surface area contributed by atoms with Crippen molar-refractivity contribution in [2.24, 2.45) is 17.8 Å². The average molecular weight is 512 g/mol. The Labute approximate surface area is 197 Å². The monoisotopic (exact) mass is 512 g/mol. The minimum absolute atomic E-state index is 0.899.